The number of hydrogen-bond donors (Lipinski definition) is 20. The molecule has 0 aliphatic heterocycles. The van der Waals surface area contributed by atoms with E-state index in [4.69, 9.17) is 55.8 Å². The Balaban J connectivity index is 0.000000158. The molecule has 0 saturated carbocycles. The van der Waals surface area contributed by atoms with Gasteiger partial charge in [0.1, 0.15) is 18.1 Å². The van der Waals surface area contributed by atoms with Crippen LogP contribution in [0, 0.1) is 5.92 Å². The van der Waals surface area contributed by atoms with Crippen LogP contribution in [-0.2, 0) is 96.5 Å². The fraction of sp³-hybridized carbons (Fsp3) is 0.343. The van der Waals surface area contributed by atoms with Crippen molar-refractivity contribution in [3.05, 3.63) is 350 Å². The second-order valence-electron chi connectivity index (χ2n) is 36.8. The van der Waals surface area contributed by atoms with Crippen molar-refractivity contribution in [3.8, 4) is 5.75 Å². The molecule has 40 nitrogen and oxygen atoms in total. The molecule has 0 bridgehead atoms. The van der Waals surface area contributed by atoms with Crippen LogP contribution < -0.4 is 4.74 Å². The number of hydrogen-bond acceptors (Lipinski definition) is 20. The second kappa shape index (κ2) is 56.7. The van der Waals surface area contributed by atoms with Gasteiger partial charge in [-0.15, -0.1) is 0 Å². The van der Waals surface area contributed by atoms with Crippen molar-refractivity contribution in [3.63, 3.8) is 0 Å². The summed E-state index contributed by atoms with van der Waals surface area (Å²) >= 11 is 3.50. The van der Waals surface area contributed by atoms with Gasteiger partial charge in [0.2, 0.25) is 0 Å². The first kappa shape index (κ1) is 113. The Hall–Kier alpha value is -16.8. The highest BCUT2D eigenvalue weighted by Gasteiger charge is 2.30. The first-order valence-electron chi connectivity index (χ1n) is 49.2. The van der Waals surface area contributed by atoms with Gasteiger partial charge in [0.05, 0.1) is 5.69 Å². The summed E-state index contributed by atoms with van der Waals surface area (Å²) in [4.78, 5) is 110. The third kappa shape index (κ3) is 34.2. The number of carbonyl (C=O) groups is 10. The summed E-state index contributed by atoms with van der Waals surface area (Å²) in [6.07, 6.45) is 27.5. The number of aryl methyl sites for hydroxylation is 6. The standard InChI is InChI=1S/C15H16N2O2.C13H12BrNO2.2C13H14N2O2.C11H10N2O3.C10H14N2O2.2C9H12N2O2.C8H10N2O2.C7H10N2O2/c18-15(19)14-12-8-4-7-11(13(12)16-17-14)9-10-5-2-1-3-6-10;14-11-4-2-1-3-10(11)6-5-9-7-12(13(16)17)15-8-9;1-9(10-5-3-2-4-6-10)7-11-8-12(13(16)17)15-14-11;1-9(7-10-5-3-2-4-6-10)11-8-12(13(16)17)15-14-11;14-11(15)10-6-8(12-13-10)7-16-9-4-2-1-3-5-9;13-10(14)9-7-5-3-1-2-4-6-8(7)11-12-9;1-5-2-3-7-6(4-5)8(9(12)13)11-10-7;12-9(13)8-6-4-2-1-3-5-7(6)10-11-8;11-8(12)7-5-3-1-2-4-6(5)9-10-7;1-4(2)5-3-6(7(10)11)9-8-5/h1-3,5-6,11H,4,7-9H2,(H,16,17)(H,18,19);1-4,7-8,15H,5-6H2,(H,16,17);2*2-6,8-9H,7H2,1H3,(H,14,15)(H,16,17);1-6H,7H2,(H,12,13)(H,14,15);1-6H2,(H,11,12)(H,13,14);5H,2-4H2,1H3,(H,10,11)(H,12,13);1-5H2,(H,10,11)(H,12,13);1-4H2,(H,9,10)(H,11,12);3-4H,1-2H3,(H,8,9)(H,10,11). The van der Waals surface area contributed by atoms with E-state index in [2.05, 4.69) is 169 Å². The smallest absolute Gasteiger partial charge is 0.356 e. The number of para-hydroxylation sites is 1. The van der Waals surface area contributed by atoms with Crippen LogP contribution in [0.5, 0.6) is 5.75 Å². The van der Waals surface area contributed by atoms with Crippen molar-refractivity contribution in [1.29, 1.82) is 0 Å². The van der Waals surface area contributed by atoms with Gasteiger partial charge < -0.3 is 60.8 Å². The lowest BCUT2D eigenvalue weighted by Crippen LogP contribution is -2.13. The Morgan fingerprint density at radius 2 is 0.765 bits per heavy atom. The van der Waals surface area contributed by atoms with Gasteiger partial charge in [-0.2, -0.15) is 45.9 Å². The second-order valence-corrected chi connectivity index (χ2v) is 37.6. The summed E-state index contributed by atoms with van der Waals surface area (Å²) in [7, 11) is 0. The molecule has 10 aromatic heterocycles. The maximum Gasteiger partial charge on any atom is 0.356 e. The molecule has 5 aromatic carbocycles. The molecule has 0 amide bonds. The zero-order valence-electron chi connectivity index (χ0n) is 83.2. The molecule has 0 saturated heterocycles. The Bertz CT molecular complexity index is 6860. The Morgan fingerprint density at radius 3 is 1.25 bits per heavy atom. The summed E-state index contributed by atoms with van der Waals surface area (Å²) in [5.41, 5.74) is 20.3. The van der Waals surface area contributed by atoms with Crippen molar-refractivity contribution in [2.45, 2.75) is 232 Å². The molecule has 5 aliphatic rings. The molecule has 20 rings (SSSR count). The van der Waals surface area contributed by atoms with E-state index in [0.29, 0.717) is 23.4 Å². The fourth-order valence-corrected chi connectivity index (χ4v) is 18.0. The molecule has 10 heterocycles. The number of H-pyrrole nitrogens is 10. The molecule has 149 heavy (non-hydrogen) atoms. The molecule has 15 aromatic rings. The lowest BCUT2D eigenvalue weighted by atomic mass is 9.83. The first-order valence-corrected chi connectivity index (χ1v) is 50.0. The third-order valence-corrected chi connectivity index (χ3v) is 26.2. The average Bonchev–Trinajstić information content (AvgIpc) is 1.65. The highest BCUT2D eigenvalue weighted by Crippen LogP contribution is 2.36. The molecule has 4 atom stereocenters. The Morgan fingerprint density at radius 1 is 0.356 bits per heavy atom. The molecule has 41 heteroatoms. The van der Waals surface area contributed by atoms with Crippen molar-refractivity contribution in [2.75, 3.05) is 0 Å². The zero-order valence-corrected chi connectivity index (χ0v) is 84.8. The van der Waals surface area contributed by atoms with Crippen molar-refractivity contribution in [2.24, 2.45) is 5.92 Å². The van der Waals surface area contributed by atoms with Crippen LogP contribution in [-0.4, -0.2) is 208 Å². The molecule has 20 N–H and O–H groups in total. The number of aromatic nitrogens is 19. The number of aromatic amines is 10. The van der Waals surface area contributed by atoms with Gasteiger partial charge in [0.25, 0.3) is 0 Å². The molecule has 784 valence electrons. The maximum absolute atomic E-state index is 11.1. The van der Waals surface area contributed by atoms with Gasteiger partial charge in [0, 0.05) is 95.9 Å². The largest absolute Gasteiger partial charge is 0.487 e. The van der Waals surface area contributed by atoms with Gasteiger partial charge in [0.15, 0.2) is 51.2 Å². The molecular formula is C108H124BrN19O21. The van der Waals surface area contributed by atoms with Crippen molar-refractivity contribution in [1.82, 2.24) is 96.8 Å². The maximum atomic E-state index is 11.1. The number of carboxylic acid groups (broad SMARTS) is 10. The molecule has 0 spiro atoms. The lowest BCUT2D eigenvalue weighted by Gasteiger charge is -2.22. The minimum atomic E-state index is -1.05. The van der Waals surface area contributed by atoms with Gasteiger partial charge >= 0.3 is 59.7 Å². The van der Waals surface area contributed by atoms with Gasteiger partial charge in [-0.1, -0.05) is 197 Å². The highest BCUT2D eigenvalue weighted by molar-refractivity contribution is 9.10. The van der Waals surface area contributed by atoms with Crippen LogP contribution in [0.15, 0.2) is 187 Å². The van der Waals surface area contributed by atoms with Gasteiger partial charge in [-0.05, 0) is 242 Å². The van der Waals surface area contributed by atoms with E-state index in [1.165, 1.54) is 47.6 Å². The number of rotatable bonds is 25. The molecule has 4 unspecified atom stereocenters. The van der Waals surface area contributed by atoms with Gasteiger partial charge in [-0.3, -0.25) is 45.9 Å². The van der Waals surface area contributed by atoms with Crippen LogP contribution in [0.1, 0.15) is 347 Å². The van der Waals surface area contributed by atoms with Crippen molar-refractivity contribution < 1.29 is 104 Å². The molecule has 5 aliphatic carbocycles. The molecule has 0 fully saturated rings. The number of halogens is 1. The van der Waals surface area contributed by atoms with Gasteiger partial charge in [-0.25, -0.2) is 47.9 Å². The summed E-state index contributed by atoms with van der Waals surface area (Å²) in [5, 5.41) is 147. The molecule has 0 radical (unpaired) electrons. The average molecular weight is 2100 g/mol. The van der Waals surface area contributed by atoms with Crippen LogP contribution in [0.4, 0.5) is 0 Å². The minimum absolute atomic E-state index is 0.00772. The lowest BCUT2D eigenvalue weighted by molar-refractivity contribution is 0.0678. The third-order valence-electron chi connectivity index (χ3n) is 25.5. The monoisotopic (exact) mass is 2100 g/mol. The van der Waals surface area contributed by atoms with Crippen LogP contribution >= 0.6 is 15.9 Å². The Labute approximate surface area is 865 Å². The summed E-state index contributed by atoms with van der Waals surface area (Å²) < 4.78 is 6.51. The Kier molecular flexibility index (Phi) is 42.8. The number of carboxylic acids is 10. The van der Waals surface area contributed by atoms with E-state index in [1.54, 1.807) is 30.5 Å². The highest BCUT2D eigenvalue weighted by atomic mass is 79.9. The zero-order chi connectivity index (χ0) is 107. The van der Waals surface area contributed by atoms with Crippen molar-refractivity contribution >= 4 is 75.6 Å². The molecular weight excluding hydrogens is 1980 g/mol. The number of aromatic carboxylic acids is 10. The van der Waals surface area contributed by atoms with Crippen LogP contribution in [0.2, 0.25) is 0 Å². The number of nitrogens with zero attached hydrogens (tertiary/aromatic N) is 9. The first-order chi connectivity index (χ1) is 71.7. The number of nitrogens with one attached hydrogen (secondary N) is 10. The minimum Gasteiger partial charge on any atom is -0.487 e. The summed E-state index contributed by atoms with van der Waals surface area (Å²) in [6, 6.07) is 55.7. The van der Waals surface area contributed by atoms with E-state index >= 15 is 0 Å². The number of ether oxygens (including phenoxy) is 1. The van der Waals surface area contributed by atoms with E-state index in [0.717, 1.165) is 237 Å². The fourth-order valence-electron chi connectivity index (χ4n) is 17.5. The van der Waals surface area contributed by atoms with E-state index in [1.807, 2.05) is 124 Å². The van der Waals surface area contributed by atoms with E-state index in [9.17, 15) is 47.9 Å². The topological polar surface area (TPSA) is 656 Å². The number of benzene rings is 5. The predicted molar refractivity (Wildman–Crippen MR) is 552 cm³/mol. The van der Waals surface area contributed by atoms with E-state index in [-0.39, 0.29) is 75.4 Å². The predicted octanol–water partition coefficient (Wildman–Crippen LogP) is 19.2. The van der Waals surface area contributed by atoms with Crippen LogP contribution in [0.25, 0.3) is 0 Å². The SMILES string of the molecule is CC(C)c1cc(C(=O)O)n[nH]1.CC(Cc1cc(C(=O)O)n[nH]1)c1ccccc1.CC(Cc1ccccc1)c1cc(C(=O)O)n[nH]1.CC1CCc2[nH]nc(C(=O)O)c2C1.O=C(O)c1cc(CCc2ccccc2Br)c[nH]1.O=C(O)c1cc(COc2ccccc2)[nH]n1.O=C(O)c1n[nH]c2c1CCCC2.O=C(O)c1n[nH]c2c1CCCC2Cc1ccccc1.O=C(O)c1n[nH]c2c1CCCCC2.O=C(O)c1n[nH]c2c1CCCCCC2. The quantitative estimate of drug-likeness (QED) is 0.0236. The van der Waals surface area contributed by atoms with E-state index < -0.39 is 59.7 Å². The normalized spacial score (nSPS) is 14.2. The van der Waals surface area contributed by atoms with Crippen LogP contribution in [0.3, 0.4) is 0 Å². The summed E-state index contributed by atoms with van der Waals surface area (Å²) in [5.74, 6) is -7.08. The number of fused-ring (bicyclic) bond motifs is 5. The summed E-state index contributed by atoms with van der Waals surface area (Å²) in [6.45, 7) is 10.5.